The van der Waals surface area contributed by atoms with E-state index in [0.717, 1.165) is 29.1 Å². The molecule has 1 amide bonds. The highest BCUT2D eigenvalue weighted by Gasteiger charge is 2.17. The second-order valence-electron chi connectivity index (χ2n) is 4.95. The predicted octanol–water partition coefficient (Wildman–Crippen LogP) is 4.17. The average Bonchev–Trinajstić information content (AvgIpc) is 2.63. The van der Waals surface area contributed by atoms with Gasteiger partial charge in [-0.1, -0.05) is 43.3 Å². The first-order valence-electron chi connectivity index (χ1n) is 6.97. The molecule has 1 heterocycles. The van der Waals surface area contributed by atoms with Crippen molar-refractivity contribution in [3.63, 3.8) is 0 Å². The van der Waals surface area contributed by atoms with Crippen LogP contribution in [-0.4, -0.2) is 11.6 Å². The smallest absolute Gasteiger partial charge is 0.248 e. The lowest BCUT2D eigenvalue weighted by Gasteiger charge is -2.07. The van der Waals surface area contributed by atoms with Gasteiger partial charge in [0.25, 0.3) is 0 Å². The van der Waals surface area contributed by atoms with Gasteiger partial charge in [-0.05, 0) is 30.7 Å². The molecular formula is C17H16N2OS. The molecule has 0 fully saturated rings. The number of nitrogens with two attached hydrogens (primary N) is 1. The van der Waals surface area contributed by atoms with Crippen LogP contribution in [0.3, 0.4) is 0 Å². The van der Waals surface area contributed by atoms with Gasteiger partial charge in [-0.15, -0.1) is 0 Å². The predicted molar refractivity (Wildman–Crippen MR) is 86.6 cm³/mol. The molecule has 0 unspecified atom stereocenters. The highest BCUT2D eigenvalue weighted by Crippen LogP contribution is 2.41. The van der Waals surface area contributed by atoms with E-state index in [4.69, 9.17) is 10.7 Å². The van der Waals surface area contributed by atoms with Crippen molar-refractivity contribution in [2.45, 2.75) is 29.6 Å². The molecule has 2 aromatic carbocycles. The number of carbonyl (C=O) groups excluding carboxylic acids is 1. The fourth-order valence-electron chi connectivity index (χ4n) is 2.39. The first-order valence-corrected chi connectivity index (χ1v) is 7.79. The van der Waals surface area contributed by atoms with Crippen molar-refractivity contribution < 1.29 is 4.79 Å². The maximum Gasteiger partial charge on any atom is 0.248 e. The topological polar surface area (TPSA) is 55.4 Å². The Balaban J connectivity index is 2.18. The Labute approximate surface area is 128 Å². The van der Waals surface area contributed by atoms with E-state index in [0.29, 0.717) is 5.56 Å². The molecule has 2 N–H and O–H groups in total. The highest BCUT2D eigenvalue weighted by atomic mass is 32.2. The van der Waals surface area contributed by atoms with Gasteiger partial charge in [-0.3, -0.25) is 9.79 Å². The molecule has 1 aliphatic heterocycles. The highest BCUT2D eigenvalue weighted by molar-refractivity contribution is 7.99. The van der Waals surface area contributed by atoms with E-state index in [1.807, 2.05) is 18.2 Å². The third-order valence-corrected chi connectivity index (χ3v) is 4.54. The zero-order valence-corrected chi connectivity index (χ0v) is 12.6. The number of amides is 1. The van der Waals surface area contributed by atoms with Gasteiger partial charge >= 0.3 is 0 Å². The van der Waals surface area contributed by atoms with Gasteiger partial charge < -0.3 is 5.73 Å². The number of hydrogen-bond donors (Lipinski definition) is 1. The van der Waals surface area contributed by atoms with Crippen LogP contribution in [-0.2, 0) is 0 Å². The summed E-state index contributed by atoms with van der Waals surface area (Å²) in [5, 5.41) is 0. The zero-order chi connectivity index (χ0) is 14.8. The molecule has 4 heteroatoms. The minimum Gasteiger partial charge on any atom is -0.366 e. The maximum absolute atomic E-state index is 11.4. The van der Waals surface area contributed by atoms with E-state index >= 15 is 0 Å². The van der Waals surface area contributed by atoms with E-state index < -0.39 is 5.91 Å². The first kappa shape index (κ1) is 13.9. The van der Waals surface area contributed by atoms with Gasteiger partial charge in [0.05, 0.1) is 5.69 Å². The Morgan fingerprint density at radius 1 is 1.19 bits per heavy atom. The van der Waals surface area contributed by atoms with Crippen molar-refractivity contribution in [3.05, 3.63) is 53.6 Å². The van der Waals surface area contributed by atoms with Gasteiger partial charge in [-0.2, -0.15) is 0 Å². The summed E-state index contributed by atoms with van der Waals surface area (Å²) in [6, 6.07) is 13.8. The van der Waals surface area contributed by atoms with Crippen molar-refractivity contribution in [2.24, 2.45) is 10.7 Å². The van der Waals surface area contributed by atoms with E-state index in [1.54, 1.807) is 23.9 Å². The van der Waals surface area contributed by atoms with E-state index in [2.05, 4.69) is 19.1 Å². The van der Waals surface area contributed by atoms with Gasteiger partial charge in [0, 0.05) is 26.6 Å². The van der Waals surface area contributed by atoms with Gasteiger partial charge in [0.15, 0.2) is 0 Å². The summed E-state index contributed by atoms with van der Waals surface area (Å²) in [6.07, 6.45) is 1.94. The molecule has 0 saturated heterocycles. The Kier molecular flexibility index (Phi) is 3.80. The summed E-state index contributed by atoms with van der Waals surface area (Å²) >= 11 is 1.69. The third-order valence-electron chi connectivity index (χ3n) is 3.40. The Morgan fingerprint density at radius 2 is 2.00 bits per heavy atom. The maximum atomic E-state index is 11.4. The Bertz CT molecular complexity index is 737. The van der Waals surface area contributed by atoms with Crippen molar-refractivity contribution in [3.8, 4) is 0 Å². The molecule has 3 rings (SSSR count). The number of nitrogens with zero attached hydrogens (tertiary/aromatic N) is 1. The van der Waals surface area contributed by atoms with Gasteiger partial charge in [0.1, 0.15) is 0 Å². The van der Waals surface area contributed by atoms with E-state index in [1.165, 1.54) is 10.5 Å². The SMILES string of the molecule is CCCC1=Nc2cc(C(N)=O)ccc2Sc2ccccc21. The van der Waals surface area contributed by atoms with Crippen molar-refractivity contribution >= 4 is 29.1 Å². The van der Waals surface area contributed by atoms with Crippen LogP contribution in [0.25, 0.3) is 0 Å². The Hall–Kier alpha value is -2.07. The molecule has 0 aliphatic carbocycles. The van der Waals surface area contributed by atoms with Crippen molar-refractivity contribution in [1.82, 2.24) is 0 Å². The molecule has 0 saturated carbocycles. The van der Waals surface area contributed by atoms with Crippen LogP contribution in [0.1, 0.15) is 35.7 Å². The lowest BCUT2D eigenvalue weighted by atomic mass is 10.1. The number of carbonyl (C=O) groups is 1. The second kappa shape index (κ2) is 5.74. The normalized spacial score (nSPS) is 12.9. The Morgan fingerprint density at radius 3 is 2.76 bits per heavy atom. The van der Waals surface area contributed by atoms with Crippen molar-refractivity contribution in [2.75, 3.05) is 0 Å². The number of aliphatic imine (C=N–C) groups is 1. The van der Waals surface area contributed by atoms with Gasteiger partial charge in [-0.25, -0.2) is 0 Å². The van der Waals surface area contributed by atoms with Crippen LogP contribution < -0.4 is 5.73 Å². The largest absolute Gasteiger partial charge is 0.366 e. The average molecular weight is 296 g/mol. The summed E-state index contributed by atoms with van der Waals surface area (Å²) in [4.78, 5) is 18.4. The first-order chi connectivity index (χ1) is 10.2. The zero-order valence-electron chi connectivity index (χ0n) is 11.8. The lowest BCUT2D eigenvalue weighted by Crippen LogP contribution is -2.10. The standard InChI is InChI=1S/C17H16N2OS/c1-2-5-13-12-6-3-4-7-15(12)21-16-9-8-11(17(18)20)10-14(16)19-13/h3-4,6-10H,2,5H2,1H3,(H2,18,20). The fourth-order valence-corrected chi connectivity index (χ4v) is 3.41. The summed E-state index contributed by atoms with van der Waals surface area (Å²) in [6.45, 7) is 2.14. The number of benzene rings is 2. The third kappa shape index (κ3) is 2.72. The second-order valence-corrected chi connectivity index (χ2v) is 6.04. The van der Waals surface area contributed by atoms with Crippen LogP contribution in [0.2, 0.25) is 0 Å². The number of rotatable bonds is 3. The van der Waals surface area contributed by atoms with Crippen LogP contribution in [0, 0.1) is 0 Å². The van der Waals surface area contributed by atoms with Crippen LogP contribution in [0.5, 0.6) is 0 Å². The van der Waals surface area contributed by atoms with E-state index in [-0.39, 0.29) is 0 Å². The molecule has 0 spiro atoms. The van der Waals surface area contributed by atoms with Crippen molar-refractivity contribution in [1.29, 1.82) is 0 Å². The molecule has 0 aromatic heterocycles. The quantitative estimate of drug-likeness (QED) is 0.924. The molecular weight excluding hydrogens is 280 g/mol. The van der Waals surface area contributed by atoms with Gasteiger partial charge in [0.2, 0.25) is 5.91 Å². The molecule has 0 atom stereocenters. The number of hydrogen-bond acceptors (Lipinski definition) is 3. The van der Waals surface area contributed by atoms with Crippen LogP contribution in [0.15, 0.2) is 57.2 Å². The van der Waals surface area contributed by atoms with Crippen LogP contribution in [0.4, 0.5) is 5.69 Å². The van der Waals surface area contributed by atoms with E-state index in [9.17, 15) is 4.79 Å². The minimum atomic E-state index is -0.420. The monoisotopic (exact) mass is 296 g/mol. The summed E-state index contributed by atoms with van der Waals surface area (Å²) in [5.74, 6) is -0.420. The number of primary amides is 1. The fraction of sp³-hybridized carbons (Fsp3) is 0.176. The summed E-state index contributed by atoms with van der Waals surface area (Å²) in [5.41, 5.74) is 8.95. The van der Waals surface area contributed by atoms with Crippen LogP contribution >= 0.6 is 11.8 Å². The lowest BCUT2D eigenvalue weighted by molar-refractivity contribution is 0.100. The molecule has 0 bridgehead atoms. The molecule has 106 valence electrons. The number of fused-ring (bicyclic) bond motifs is 2. The summed E-state index contributed by atoms with van der Waals surface area (Å²) < 4.78 is 0. The minimum absolute atomic E-state index is 0.420. The summed E-state index contributed by atoms with van der Waals surface area (Å²) in [7, 11) is 0. The molecule has 1 aliphatic rings. The molecule has 3 nitrogen and oxygen atoms in total. The molecule has 2 aromatic rings. The molecule has 0 radical (unpaired) electrons. The molecule has 21 heavy (non-hydrogen) atoms.